The summed E-state index contributed by atoms with van der Waals surface area (Å²) in [6, 6.07) is 6.76. The molecular formula is C11H10BrN3O2S. The van der Waals surface area contributed by atoms with Crippen molar-refractivity contribution in [3.8, 4) is 0 Å². The summed E-state index contributed by atoms with van der Waals surface area (Å²) in [5, 5.41) is 15.8. The standard InChI is InChI=1S/C11H10BrN3O2S/c12-8-2-1-7(5-10(8)15(16)17)14-6-11-9(13)3-4-18-11/h1-5,14H,6,13H2. The number of halogens is 1. The van der Waals surface area contributed by atoms with Crippen molar-refractivity contribution in [1.29, 1.82) is 0 Å². The van der Waals surface area contributed by atoms with E-state index < -0.39 is 4.92 Å². The van der Waals surface area contributed by atoms with Crippen molar-refractivity contribution in [2.24, 2.45) is 0 Å². The molecular weight excluding hydrogens is 318 g/mol. The fourth-order valence-electron chi connectivity index (χ4n) is 1.44. The molecule has 0 radical (unpaired) electrons. The van der Waals surface area contributed by atoms with Crippen LogP contribution in [0.25, 0.3) is 0 Å². The van der Waals surface area contributed by atoms with Crippen LogP contribution in [-0.4, -0.2) is 4.92 Å². The zero-order valence-electron chi connectivity index (χ0n) is 9.22. The average molecular weight is 328 g/mol. The van der Waals surface area contributed by atoms with E-state index in [9.17, 15) is 10.1 Å². The van der Waals surface area contributed by atoms with Gasteiger partial charge in [0.15, 0.2) is 0 Å². The summed E-state index contributed by atoms with van der Waals surface area (Å²) >= 11 is 4.70. The van der Waals surface area contributed by atoms with Crippen molar-refractivity contribution < 1.29 is 4.92 Å². The molecule has 0 spiro atoms. The Labute approximate surface area is 116 Å². The topological polar surface area (TPSA) is 81.2 Å². The minimum atomic E-state index is -0.422. The maximum absolute atomic E-state index is 10.8. The van der Waals surface area contributed by atoms with E-state index in [0.717, 1.165) is 10.6 Å². The van der Waals surface area contributed by atoms with Crippen molar-refractivity contribution in [3.05, 3.63) is 49.1 Å². The first-order valence-electron chi connectivity index (χ1n) is 5.07. The van der Waals surface area contributed by atoms with Crippen LogP contribution < -0.4 is 11.1 Å². The molecule has 0 aliphatic carbocycles. The zero-order chi connectivity index (χ0) is 13.1. The Balaban J connectivity index is 2.13. The number of hydrogen-bond donors (Lipinski definition) is 2. The highest BCUT2D eigenvalue weighted by atomic mass is 79.9. The number of thiophene rings is 1. The van der Waals surface area contributed by atoms with Crippen molar-refractivity contribution in [3.63, 3.8) is 0 Å². The number of nitro benzene ring substituents is 1. The minimum absolute atomic E-state index is 0.0409. The first-order chi connectivity index (χ1) is 8.58. The van der Waals surface area contributed by atoms with Gasteiger partial charge in [0.2, 0.25) is 0 Å². The Morgan fingerprint density at radius 1 is 1.44 bits per heavy atom. The van der Waals surface area contributed by atoms with Crippen molar-refractivity contribution in [2.45, 2.75) is 6.54 Å². The number of anilines is 2. The third-order valence-corrected chi connectivity index (χ3v) is 3.98. The molecule has 2 aromatic rings. The summed E-state index contributed by atoms with van der Waals surface area (Å²) in [6.45, 7) is 0.558. The van der Waals surface area contributed by atoms with Crippen LogP contribution in [0, 0.1) is 10.1 Å². The summed E-state index contributed by atoms with van der Waals surface area (Å²) in [6.07, 6.45) is 0. The zero-order valence-corrected chi connectivity index (χ0v) is 11.6. The highest BCUT2D eigenvalue weighted by Crippen LogP contribution is 2.28. The van der Waals surface area contributed by atoms with Gasteiger partial charge in [-0.3, -0.25) is 10.1 Å². The van der Waals surface area contributed by atoms with Crippen molar-refractivity contribution >= 4 is 44.3 Å². The Hall–Kier alpha value is -1.60. The molecule has 0 saturated carbocycles. The van der Waals surface area contributed by atoms with Crippen LogP contribution in [0.1, 0.15) is 4.88 Å². The summed E-state index contributed by atoms with van der Waals surface area (Å²) in [7, 11) is 0. The number of nitrogens with zero attached hydrogens (tertiary/aromatic N) is 1. The van der Waals surface area contributed by atoms with Crippen molar-refractivity contribution in [2.75, 3.05) is 11.1 Å². The first-order valence-corrected chi connectivity index (χ1v) is 6.75. The molecule has 0 aliphatic rings. The molecule has 3 N–H and O–H groups in total. The molecule has 0 fully saturated rings. The molecule has 18 heavy (non-hydrogen) atoms. The van der Waals surface area contributed by atoms with Gasteiger partial charge in [0.1, 0.15) is 0 Å². The van der Waals surface area contributed by atoms with E-state index in [1.54, 1.807) is 23.5 Å². The van der Waals surface area contributed by atoms with Gasteiger partial charge in [-0.25, -0.2) is 0 Å². The number of nitro groups is 1. The molecule has 0 amide bonds. The molecule has 2 rings (SSSR count). The van der Waals surface area contributed by atoms with Crippen LogP contribution in [0.4, 0.5) is 17.1 Å². The lowest BCUT2D eigenvalue weighted by molar-refractivity contribution is -0.385. The minimum Gasteiger partial charge on any atom is -0.398 e. The van der Waals surface area contributed by atoms with Crippen molar-refractivity contribution in [1.82, 2.24) is 0 Å². The van der Waals surface area contributed by atoms with Gasteiger partial charge >= 0.3 is 0 Å². The monoisotopic (exact) mass is 327 g/mol. The van der Waals surface area contributed by atoms with Gasteiger partial charge in [-0.2, -0.15) is 0 Å². The molecule has 0 atom stereocenters. The van der Waals surface area contributed by atoms with Gasteiger partial charge in [0.05, 0.1) is 15.9 Å². The van der Waals surface area contributed by atoms with Crippen LogP contribution in [0.5, 0.6) is 0 Å². The van der Waals surface area contributed by atoms with E-state index >= 15 is 0 Å². The second-order valence-corrected chi connectivity index (χ2v) is 5.43. The van der Waals surface area contributed by atoms with Gasteiger partial charge in [-0.05, 0) is 39.5 Å². The number of nitrogens with two attached hydrogens (primary N) is 1. The molecule has 0 unspecified atom stereocenters. The molecule has 5 nitrogen and oxygen atoms in total. The van der Waals surface area contributed by atoms with E-state index in [2.05, 4.69) is 21.2 Å². The van der Waals surface area contributed by atoms with Crippen LogP contribution in [0.3, 0.4) is 0 Å². The third kappa shape index (κ3) is 2.80. The quantitative estimate of drug-likeness (QED) is 0.663. The van der Waals surface area contributed by atoms with Gasteiger partial charge < -0.3 is 11.1 Å². The highest BCUT2D eigenvalue weighted by molar-refractivity contribution is 9.10. The number of rotatable bonds is 4. The summed E-state index contributed by atoms with van der Waals surface area (Å²) < 4.78 is 0.466. The number of nitrogens with one attached hydrogen (secondary N) is 1. The van der Waals surface area contributed by atoms with Gasteiger partial charge in [-0.1, -0.05) is 0 Å². The van der Waals surface area contributed by atoms with Crippen LogP contribution in [0.15, 0.2) is 34.1 Å². The van der Waals surface area contributed by atoms with Gasteiger partial charge in [0.25, 0.3) is 5.69 Å². The Kier molecular flexibility index (Phi) is 3.83. The Morgan fingerprint density at radius 2 is 2.22 bits per heavy atom. The predicted molar refractivity (Wildman–Crippen MR) is 76.9 cm³/mol. The van der Waals surface area contributed by atoms with Crippen LogP contribution in [-0.2, 0) is 6.54 Å². The molecule has 0 aliphatic heterocycles. The molecule has 7 heteroatoms. The van der Waals surface area contributed by atoms with Gasteiger partial charge in [0, 0.05) is 22.3 Å². The second-order valence-electron chi connectivity index (χ2n) is 3.58. The number of hydrogen-bond acceptors (Lipinski definition) is 5. The van der Waals surface area contributed by atoms with Crippen LogP contribution in [0.2, 0.25) is 0 Å². The van der Waals surface area contributed by atoms with E-state index in [1.807, 2.05) is 11.4 Å². The second kappa shape index (κ2) is 5.36. The fourth-order valence-corrected chi connectivity index (χ4v) is 2.57. The molecule has 1 aromatic carbocycles. The number of benzene rings is 1. The van der Waals surface area contributed by atoms with E-state index in [4.69, 9.17) is 5.73 Å². The smallest absolute Gasteiger partial charge is 0.285 e. The normalized spacial score (nSPS) is 10.3. The number of nitrogen functional groups attached to an aromatic ring is 1. The molecule has 1 heterocycles. The fraction of sp³-hybridized carbons (Fsp3) is 0.0909. The summed E-state index contributed by atoms with van der Waals surface area (Å²) in [4.78, 5) is 11.4. The Bertz CT molecular complexity index is 585. The van der Waals surface area contributed by atoms with Gasteiger partial charge in [-0.15, -0.1) is 11.3 Å². The lowest BCUT2D eigenvalue weighted by atomic mass is 10.2. The molecule has 0 bridgehead atoms. The molecule has 94 valence electrons. The predicted octanol–water partition coefficient (Wildman–Crippen LogP) is 3.61. The highest BCUT2D eigenvalue weighted by Gasteiger charge is 2.12. The van der Waals surface area contributed by atoms with E-state index in [-0.39, 0.29) is 5.69 Å². The molecule has 1 aromatic heterocycles. The average Bonchev–Trinajstić information content (AvgIpc) is 2.73. The Morgan fingerprint density at radius 3 is 2.83 bits per heavy atom. The summed E-state index contributed by atoms with van der Waals surface area (Å²) in [5.41, 5.74) is 7.23. The third-order valence-electron chi connectivity index (χ3n) is 2.38. The maximum Gasteiger partial charge on any atom is 0.285 e. The lowest BCUT2D eigenvalue weighted by Gasteiger charge is -2.06. The maximum atomic E-state index is 10.8. The SMILES string of the molecule is Nc1ccsc1CNc1ccc(Br)c([N+](=O)[O-])c1. The first kappa shape index (κ1) is 12.8. The largest absolute Gasteiger partial charge is 0.398 e. The molecule has 0 saturated heterocycles. The lowest BCUT2D eigenvalue weighted by Crippen LogP contribution is -2.00. The van der Waals surface area contributed by atoms with E-state index in [1.165, 1.54) is 6.07 Å². The van der Waals surface area contributed by atoms with E-state index in [0.29, 0.717) is 16.7 Å². The summed E-state index contributed by atoms with van der Waals surface area (Å²) in [5.74, 6) is 0. The van der Waals surface area contributed by atoms with Crippen LogP contribution >= 0.6 is 27.3 Å².